The smallest absolute Gasteiger partial charge is 0.303 e. The van der Waals surface area contributed by atoms with Gasteiger partial charge in [0.15, 0.2) is 12.4 Å². The first-order valence-electron chi connectivity index (χ1n) is 10.7. The van der Waals surface area contributed by atoms with E-state index in [1.54, 1.807) is 0 Å². The lowest BCUT2D eigenvalue weighted by Gasteiger charge is -2.58. The second-order valence-corrected chi connectivity index (χ2v) is 10.0. The van der Waals surface area contributed by atoms with E-state index in [4.69, 9.17) is 4.74 Å². The van der Waals surface area contributed by atoms with E-state index in [1.807, 2.05) is 13.0 Å². The third-order valence-corrected chi connectivity index (χ3v) is 8.72. The van der Waals surface area contributed by atoms with Gasteiger partial charge in [-0.3, -0.25) is 19.2 Å². The topological polar surface area (TPSA) is 97.7 Å². The van der Waals surface area contributed by atoms with E-state index in [1.165, 1.54) is 12.5 Å². The molecule has 4 aliphatic rings. The molecule has 6 nitrogen and oxygen atoms in total. The summed E-state index contributed by atoms with van der Waals surface area (Å²) in [6.07, 6.45) is 5.97. The molecule has 0 aromatic carbocycles. The van der Waals surface area contributed by atoms with Crippen LogP contribution >= 0.6 is 0 Å². The standard InChI is InChI=1S/C23H30O6/c1-13(24)29-12-19(27)23(28)11-18(26)20-16-5-4-14-10-15(25)6-8-21(14,2)17(16)7-9-22(20,23)3/h10,16-17,20,28H,4-9,11-12H2,1-3H3/t16-,17+,20+,21+,22+,23+/m1/s1. The number of ketones is 3. The Labute approximate surface area is 171 Å². The van der Waals surface area contributed by atoms with Gasteiger partial charge in [0.1, 0.15) is 11.4 Å². The minimum atomic E-state index is -1.78. The highest BCUT2D eigenvalue weighted by molar-refractivity contribution is 6.00. The first-order valence-corrected chi connectivity index (χ1v) is 10.7. The predicted molar refractivity (Wildman–Crippen MR) is 104 cm³/mol. The van der Waals surface area contributed by atoms with Gasteiger partial charge in [0, 0.05) is 31.1 Å². The SMILES string of the molecule is CC(=O)OCC(=O)[C@@]1(O)CC(=O)[C@@H]2[C@@H]3CCC4=CC(=O)CC[C@]4(C)[C@H]3CC[C@@]21C. The highest BCUT2D eigenvalue weighted by Crippen LogP contribution is 2.66. The summed E-state index contributed by atoms with van der Waals surface area (Å²) >= 11 is 0. The Balaban J connectivity index is 1.66. The van der Waals surface area contributed by atoms with Gasteiger partial charge in [-0.25, -0.2) is 0 Å². The van der Waals surface area contributed by atoms with E-state index < -0.39 is 29.4 Å². The van der Waals surface area contributed by atoms with Crippen molar-refractivity contribution >= 4 is 23.3 Å². The molecule has 0 amide bonds. The fraction of sp³-hybridized carbons (Fsp3) is 0.739. The molecule has 0 aliphatic heterocycles. The molecule has 3 saturated carbocycles. The van der Waals surface area contributed by atoms with Crippen molar-refractivity contribution in [2.75, 3.05) is 6.61 Å². The van der Waals surface area contributed by atoms with Crippen molar-refractivity contribution in [3.63, 3.8) is 0 Å². The van der Waals surface area contributed by atoms with Gasteiger partial charge < -0.3 is 9.84 Å². The van der Waals surface area contributed by atoms with Crippen LogP contribution in [-0.2, 0) is 23.9 Å². The number of Topliss-reactive ketones (excluding diaryl/α,β-unsaturated/α-hetero) is 2. The van der Waals surface area contributed by atoms with E-state index in [2.05, 4.69) is 6.92 Å². The largest absolute Gasteiger partial charge is 0.458 e. The van der Waals surface area contributed by atoms with Crippen LogP contribution in [0.25, 0.3) is 0 Å². The van der Waals surface area contributed by atoms with Crippen molar-refractivity contribution in [3.05, 3.63) is 11.6 Å². The average Bonchev–Trinajstić information content (AvgIpc) is 2.87. The zero-order valence-corrected chi connectivity index (χ0v) is 17.5. The summed E-state index contributed by atoms with van der Waals surface area (Å²) < 4.78 is 4.85. The lowest BCUT2D eigenvalue weighted by Crippen LogP contribution is -2.58. The summed E-state index contributed by atoms with van der Waals surface area (Å²) in [4.78, 5) is 49.1. The number of carbonyl (C=O) groups is 4. The Kier molecular flexibility index (Phi) is 4.65. The second kappa shape index (κ2) is 6.59. The highest BCUT2D eigenvalue weighted by atomic mass is 16.5. The maximum atomic E-state index is 13.2. The Morgan fingerprint density at radius 2 is 1.90 bits per heavy atom. The Bertz CT molecular complexity index is 827. The van der Waals surface area contributed by atoms with E-state index >= 15 is 0 Å². The lowest BCUT2D eigenvalue weighted by atomic mass is 9.46. The number of ether oxygens (including phenoxy) is 1. The lowest BCUT2D eigenvalue weighted by molar-refractivity contribution is -0.169. The first kappa shape index (κ1) is 20.5. The average molecular weight is 402 g/mol. The van der Waals surface area contributed by atoms with Crippen LogP contribution in [0.1, 0.15) is 65.7 Å². The van der Waals surface area contributed by atoms with Gasteiger partial charge in [-0.15, -0.1) is 0 Å². The maximum absolute atomic E-state index is 13.2. The fourth-order valence-electron chi connectivity index (χ4n) is 7.09. The fourth-order valence-corrected chi connectivity index (χ4v) is 7.09. The van der Waals surface area contributed by atoms with Crippen molar-refractivity contribution < 1.29 is 29.0 Å². The monoisotopic (exact) mass is 402 g/mol. The van der Waals surface area contributed by atoms with Gasteiger partial charge in [-0.1, -0.05) is 19.4 Å². The summed E-state index contributed by atoms with van der Waals surface area (Å²) in [5.74, 6) is -1.000. The number of aliphatic hydroxyl groups is 1. The van der Waals surface area contributed by atoms with Crippen LogP contribution in [0, 0.1) is 28.6 Å². The molecule has 0 bridgehead atoms. The molecule has 29 heavy (non-hydrogen) atoms. The number of hydrogen-bond donors (Lipinski definition) is 1. The van der Waals surface area contributed by atoms with Gasteiger partial charge in [-0.2, -0.15) is 0 Å². The molecule has 0 aromatic rings. The van der Waals surface area contributed by atoms with Crippen LogP contribution in [0.15, 0.2) is 11.6 Å². The molecule has 4 aliphatic carbocycles. The first-order chi connectivity index (χ1) is 13.5. The van der Waals surface area contributed by atoms with Gasteiger partial charge in [0.05, 0.1) is 0 Å². The third-order valence-electron chi connectivity index (χ3n) is 8.72. The quantitative estimate of drug-likeness (QED) is 0.729. The second-order valence-electron chi connectivity index (χ2n) is 10.0. The van der Waals surface area contributed by atoms with Crippen LogP contribution in [0.3, 0.4) is 0 Å². The summed E-state index contributed by atoms with van der Waals surface area (Å²) in [5.41, 5.74) is -1.49. The number of allylic oxidation sites excluding steroid dienone is 1. The third kappa shape index (κ3) is 2.78. The van der Waals surface area contributed by atoms with Crippen LogP contribution in [0.4, 0.5) is 0 Å². The Hall–Kier alpha value is -1.82. The van der Waals surface area contributed by atoms with Crippen LogP contribution in [-0.4, -0.2) is 40.6 Å². The number of rotatable bonds is 3. The van der Waals surface area contributed by atoms with E-state index in [9.17, 15) is 24.3 Å². The molecule has 0 saturated heterocycles. The number of esters is 1. The number of fused-ring (bicyclic) bond motifs is 5. The van der Waals surface area contributed by atoms with E-state index in [0.717, 1.165) is 25.7 Å². The van der Waals surface area contributed by atoms with E-state index in [-0.39, 0.29) is 41.2 Å². The molecular formula is C23H30O6. The molecule has 0 aromatic heterocycles. The van der Waals surface area contributed by atoms with Gasteiger partial charge in [-0.05, 0) is 55.4 Å². The minimum absolute atomic E-state index is 0.0520. The molecule has 1 N–H and O–H groups in total. The normalized spacial score (nSPS) is 43.7. The van der Waals surface area contributed by atoms with Crippen molar-refractivity contribution in [1.82, 2.24) is 0 Å². The molecule has 3 fully saturated rings. The van der Waals surface area contributed by atoms with E-state index in [0.29, 0.717) is 12.8 Å². The molecule has 0 radical (unpaired) electrons. The van der Waals surface area contributed by atoms with Crippen molar-refractivity contribution in [2.24, 2.45) is 28.6 Å². The van der Waals surface area contributed by atoms with Crippen LogP contribution in [0.2, 0.25) is 0 Å². The zero-order valence-electron chi connectivity index (χ0n) is 17.5. The molecular weight excluding hydrogens is 372 g/mol. The molecule has 0 heterocycles. The highest BCUT2D eigenvalue weighted by Gasteiger charge is 2.69. The van der Waals surface area contributed by atoms with Crippen molar-refractivity contribution in [2.45, 2.75) is 71.3 Å². The predicted octanol–water partition coefficient (Wildman–Crippen LogP) is 2.56. The van der Waals surface area contributed by atoms with Gasteiger partial charge in [0.25, 0.3) is 0 Å². The summed E-state index contributed by atoms with van der Waals surface area (Å²) in [7, 11) is 0. The summed E-state index contributed by atoms with van der Waals surface area (Å²) in [6.45, 7) is 4.81. The number of carbonyl (C=O) groups excluding carboxylic acids is 4. The van der Waals surface area contributed by atoms with Crippen LogP contribution < -0.4 is 0 Å². The number of hydrogen-bond acceptors (Lipinski definition) is 6. The summed E-state index contributed by atoms with van der Waals surface area (Å²) in [6, 6.07) is 0. The molecule has 0 unspecified atom stereocenters. The van der Waals surface area contributed by atoms with Crippen LogP contribution in [0.5, 0.6) is 0 Å². The van der Waals surface area contributed by atoms with Crippen molar-refractivity contribution in [1.29, 1.82) is 0 Å². The molecule has 6 heteroatoms. The minimum Gasteiger partial charge on any atom is -0.458 e. The zero-order chi connectivity index (χ0) is 21.2. The Morgan fingerprint density at radius 3 is 2.59 bits per heavy atom. The van der Waals surface area contributed by atoms with Crippen molar-refractivity contribution in [3.8, 4) is 0 Å². The maximum Gasteiger partial charge on any atom is 0.303 e. The summed E-state index contributed by atoms with van der Waals surface area (Å²) in [5, 5.41) is 11.4. The molecule has 0 spiro atoms. The molecule has 6 atom stereocenters. The van der Waals surface area contributed by atoms with Gasteiger partial charge in [0.2, 0.25) is 5.78 Å². The Morgan fingerprint density at radius 1 is 1.17 bits per heavy atom. The molecule has 4 rings (SSSR count). The van der Waals surface area contributed by atoms with Gasteiger partial charge >= 0.3 is 5.97 Å². The molecule has 158 valence electrons.